The summed E-state index contributed by atoms with van der Waals surface area (Å²) in [7, 11) is 0. The summed E-state index contributed by atoms with van der Waals surface area (Å²) in [4.78, 5) is 74.0. The van der Waals surface area contributed by atoms with E-state index in [-0.39, 0.29) is 32.4 Å². The molecule has 0 aromatic heterocycles. The molecule has 2 fully saturated rings. The topological polar surface area (TPSA) is 288 Å². The van der Waals surface area contributed by atoms with Crippen LogP contribution >= 0.6 is 23.2 Å². The molecular formula is C32H36Cl2N6O10. The number of halogens is 2. The van der Waals surface area contributed by atoms with Crippen molar-refractivity contribution in [1.29, 1.82) is 0 Å². The zero-order valence-electron chi connectivity index (χ0n) is 26.2. The standard InChI is InChI=1S/2C16H16ClN3O4.2H2O/c2*17-9-6-7-10-12(15(22)20(10)13(9)16(23)24)19-14(21)11(18)8-4-2-1-3-5-8;;/h2*1-5,10-12H,6-7,18H2,(H,19,21)(H,23,24);2*1H2/t2*10-,11-,12+;;/m11../s1. The second-order valence-corrected chi connectivity index (χ2v) is 12.4. The molecule has 2 saturated heterocycles. The van der Waals surface area contributed by atoms with Crippen LogP contribution in [0.1, 0.15) is 48.9 Å². The van der Waals surface area contributed by atoms with Gasteiger partial charge in [-0.1, -0.05) is 83.9 Å². The Morgan fingerprint density at radius 2 is 0.980 bits per heavy atom. The van der Waals surface area contributed by atoms with Gasteiger partial charge in [0.1, 0.15) is 35.6 Å². The van der Waals surface area contributed by atoms with Gasteiger partial charge in [0.25, 0.3) is 11.8 Å². The van der Waals surface area contributed by atoms with Gasteiger partial charge in [0, 0.05) is 10.1 Å². The fourth-order valence-electron chi connectivity index (χ4n) is 6.14. The van der Waals surface area contributed by atoms with Crippen molar-refractivity contribution in [2.75, 3.05) is 0 Å². The molecule has 6 atom stereocenters. The average molecular weight is 736 g/mol. The van der Waals surface area contributed by atoms with Crippen molar-refractivity contribution in [3.05, 3.63) is 93.2 Å². The van der Waals surface area contributed by atoms with Crippen molar-refractivity contribution in [1.82, 2.24) is 20.4 Å². The number of nitrogens with one attached hydrogen (secondary N) is 2. The molecule has 0 unspecified atom stereocenters. The summed E-state index contributed by atoms with van der Waals surface area (Å²) < 4.78 is 0. The third-order valence-electron chi connectivity index (χ3n) is 8.64. The average Bonchev–Trinajstić information content (AvgIpc) is 3.09. The zero-order valence-corrected chi connectivity index (χ0v) is 27.7. The van der Waals surface area contributed by atoms with Gasteiger partial charge in [-0.2, -0.15) is 0 Å². The van der Waals surface area contributed by atoms with Gasteiger partial charge < -0.3 is 43.3 Å². The fraction of sp³-hybridized carbons (Fsp3) is 0.312. The SMILES string of the molecule is N[C@@H](C(=O)N[C@@H]1C(=O)N2C(C(=O)O)=C(Cl)CC[C@H]12)c1ccccc1.N[C@@H](C(=O)N[C@@H]1C(=O)N2C(C(=O)O)=C(Cl)CC[C@H]12)c1ccccc1.O.O. The normalized spacial score (nSPS) is 23.1. The monoisotopic (exact) mass is 734 g/mol. The number of carbonyl (C=O) groups excluding carboxylic acids is 4. The Morgan fingerprint density at radius 3 is 1.28 bits per heavy atom. The van der Waals surface area contributed by atoms with Crippen molar-refractivity contribution < 1.29 is 49.9 Å². The minimum Gasteiger partial charge on any atom is -0.477 e. The second-order valence-electron chi connectivity index (χ2n) is 11.5. The molecule has 2 aromatic rings. The molecule has 0 radical (unpaired) electrons. The third-order valence-corrected chi connectivity index (χ3v) is 9.37. The van der Waals surface area contributed by atoms with E-state index in [0.29, 0.717) is 36.8 Å². The number of carboxylic acids is 2. The third kappa shape index (κ3) is 7.50. The van der Waals surface area contributed by atoms with Crippen molar-refractivity contribution in [2.45, 2.75) is 61.9 Å². The van der Waals surface area contributed by atoms with Crippen LogP contribution in [0, 0.1) is 0 Å². The van der Waals surface area contributed by atoms with Crippen molar-refractivity contribution >= 4 is 58.8 Å². The molecule has 0 spiro atoms. The smallest absolute Gasteiger partial charge is 0.353 e. The lowest BCUT2D eigenvalue weighted by Crippen LogP contribution is -2.72. The molecule has 12 N–H and O–H groups in total. The number of benzene rings is 2. The molecular weight excluding hydrogens is 699 g/mol. The maximum absolute atomic E-state index is 12.3. The van der Waals surface area contributed by atoms with E-state index in [9.17, 15) is 39.0 Å². The number of amides is 4. The van der Waals surface area contributed by atoms with Crippen LogP contribution < -0.4 is 22.1 Å². The van der Waals surface area contributed by atoms with Gasteiger partial charge in [-0.3, -0.25) is 29.0 Å². The van der Waals surface area contributed by atoms with Gasteiger partial charge in [0.2, 0.25) is 11.8 Å². The van der Waals surface area contributed by atoms with Gasteiger partial charge in [0.15, 0.2) is 0 Å². The predicted molar refractivity (Wildman–Crippen MR) is 179 cm³/mol. The summed E-state index contributed by atoms with van der Waals surface area (Å²) >= 11 is 11.8. The second kappa shape index (κ2) is 16.2. The van der Waals surface area contributed by atoms with E-state index in [0.717, 1.165) is 9.80 Å². The highest BCUT2D eigenvalue weighted by molar-refractivity contribution is 6.32. The van der Waals surface area contributed by atoms with Gasteiger partial charge >= 0.3 is 11.9 Å². The van der Waals surface area contributed by atoms with E-state index in [1.807, 2.05) is 12.1 Å². The number of rotatable bonds is 8. The van der Waals surface area contributed by atoms with E-state index in [1.165, 1.54) is 0 Å². The Labute approximate surface area is 295 Å². The number of nitrogens with two attached hydrogens (primary N) is 2. The molecule has 2 aromatic carbocycles. The summed E-state index contributed by atoms with van der Waals surface area (Å²) in [6.07, 6.45) is 1.70. The molecule has 0 saturated carbocycles. The summed E-state index contributed by atoms with van der Waals surface area (Å²) in [5, 5.41) is 24.0. The van der Waals surface area contributed by atoms with E-state index in [4.69, 9.17) is 34.7 Å². The Morgan fingerprint density at radius 1 is 0.660 bits per heavy atom. The molecule has 6 rings (SSSR count). The predicted octanol–water partition coefficient (Wildman–Crippen LogP) is -0.228. The minimum atomic E-state index is -1.25. The van der Waals surface area contributed by atoms with Gasteiger partial charge in [-0.15, -0.1) is 0 Å². The largest absolute Gasteiger partial charge is 0.477 e. The fourth-order valence-corrected chi connectivity index (χ4v) is 6.71. The molecule has 4 aliphatic heterocycles. The lowest BCUT2D eigenvalue weighted by atomic mass is 9.86. The Hall–Kier alpha value is -4.84. The molecule has 268 valence electrons. The highest BCUT2D eigenvalue weighted by atomic mass is 35.5. The quantitative estimate of drug-likeness (QED) is 0.194. The van der Waals surface area contributed by atoms with Crippen LogP contribution in [0.25, 0.3) is 0 Å². The van der Waals surface area contributed by atoms with Crippen molar-refractivity contribution in [3.8, 4) is 0 Å². The first-order chi connectivity index (χ1) is 22.8. The van der Waals surface area contributed by atoms with E-state index >= 15 is 0 Å². The van der Waals surface area contributed by atoms with Crippen LogP contribution in [0.3, 0.4) is 0 Å². The van der Waals surface area contributed by atoms with Gasteiger partial charge in [-0.25, -0.2) is 9.59 Å². The summed E-state index contributed by atoms with van der Waals surface area (Å²) in [6, 6.07) is 13.5. The van der Waals surface area contributed by atoms with Crippen LogP contribution in [-0.2, 0) is 28.8 Å². The first kappa shape index (κ1) is 39.6. The molecule has 0 bridgehead atoms. The summed E-state index contributed by atoms with van der Waals surface area (Å²) in [5.74, 6) is -4.41. The number of aliphatic carboxylic acids is 2. The highest BCUT2D eigenvalue weighted by Crippen LogP contribution is 2.39. The van der Waals surface area contributed by atoms with Crippen LogP contribution in [-0.4, -0.2) is 90.7 Å². The number of carboxylic acid groups (broad SMARTS) is 2. The maximum Gasteiger partial charge on any atom is 0.353 e. The number of β-lactam (4-membered cyclic amide) rings is 2. The summed E-state index contributed by atoms with van der Waals surface area (Å²) in [5.41, 5.74) is 12.7. The molecule has 4 amide bonds. The van der Waals surface area contributed by atoms with Crippen LogP contribution in [0.2, 0.25) is 0 Å². The Kier molecular flexibility index (Phi) is 12.9. The van der Waals surface area contributed by atoms with Crippen LogP contribution in [0.4, 0.5) is 0 Å². The van der Waals surface area contributed by atoms with Crippen molar-refractivity contribution in [3.63, 3.8) is 0 Å². The van der Waals surface area contributed by atoms with Crippen LogP contribution in [0.5, 0.6) is 0 Å². The summed E-state index contributed by atoms with van der Waals surface area (Å²) in [6.45, 7) is 0. The molecule has 50 heavy (non-hydrogen) atoms. The van der Waals surface area contributed by atoms with E-state index in [2.05, 4.69) is 10.6 Å². The Bertz CT molecular complexity index is 1600. The first-order valence-electron chi connectivity index (χ1n) is 14.9. The van der Waals surface area contributed by atoms with Crippen LogP contribution in [0.15, 0.2) is 82.1 Å². The van der Waals surface area contributed by atoms with Gasteiger partial charge in [-0.05, 0) is 36.8 Å². The Balaban J connectivity index is 0.000000260. The number of hydrogen-bond donors (Lipinski definition) is 6. The number of allylic oxidation sites excluding steroid dienone is 2. The number of hydrogen-bond acceptors (Lipinski definition) is 8. The maximum atomic E-state index is 12.3. The number of carbonyl (C=O) groups is 6. The van der Waals surface area contributed by atoms with E-state index in [1.54, 1.807) is 48.5 Å². The molecule has 0 aliphatic carbocycles. The minimum absolute atomic E-state index is 0. The van der Waals surface area contributed by atoms with Gasteiger partial charge in [0.05, 0.1) is 12.1 Å². The number of nitrogens with zero attached hydrogens (tertiary/aromatic N) is 2. The number of fused-ring (bicyclic) bond motifs is 2. The lowest BCUT2D eigenvalue weighted by molar-refractivity contribution is -0.156. The molecule has 4 aliphatic rings. The molecule has 16 nitrogen and oxygen atoms in total. The van der Waals surface area contributed by atoms with Crippen molar-refractivity contribution in [2.24, 2.45) is 11.5 Å². The zero-order chi connectivity index (χ0) is 34.9. The first-order valence-corrected chi connectivity index (χ1v) is 15.7. The van der Waals surface area contributed by atoms with E-state index < -0.39 is 71.8 Å². The molecule has 4 heterocycles. The lowest BCUT2D eigenvalue weighted by Gasteiger charge is -2.49. The highest BCUT2D eigenvalue weighted by Gasteiger charge is 2.54. The molecule has 18 heteroatoms.